The molecular weight excluding hydrogens is 170 g/mol. The lowest BCUT2D eigenvalue weighted by molar-refractivity contribution is -0.160. The molecule has 1 unspecified atom stereocenters. The Kier molecular flexibility index (Phi) is 3.27. The normalized spacial score (nSPS) is 32.6. The van der Waals surface area contributed by atoms with Crippen molar-refractivity contribution in [1.82, 2.24) is 0 Å². The van der Waals surface area contributed by atoms with Gasteiger partial charge in [0.2, 0.25) is 0 Å². The minimum absolute atomic E-state index is 0.281. The van der Waals surface area contributed by atoms with Gasteiger partial charge in [0, 0.05) is 6.61 Å². The van der Waals surface area contributed by atoms with Gasteiger partial charge in [-0.05, 0) is 19.3 Å². The number of hydrogen-bond donors (Lipinski definition) is 2. The lowest BCUT2D eigenvalue weighted by atomic mass is 9.74. The quantitative estimate of drug-likeness (QED) is 0.623. The highest BCUT2D eigenvalue weighted by molar-refractivity contribution is 5.80. The third-order valence-electron chi connectivity index (χ3n) is 2.61. The lowest BCUT2D eigenvalue weighted by Crippen LogP contribution is -2.65. The molecule has 0 amide bonds. The van der Waals surface area contributed by atoms with Gasteiger partial charge in [0.25, 0.3) is 0 Å². The molecule has 4 nitrogen and oxygen atoms in total. The van der Waals surface area contributed by atoms with Crippen LogP contribution in [0, 0.1) is 0 Å². The van der Waals surface area contributed by atoms with E-state index < -0.39 is 11.5 Å². The monoisotopic (exact) mass is 187 g/mol. The first-order valence-corrected chi connectivity index (χ1v) is 4.75. The average molecular weight is 187 g/mol. The Hall–Kier alpha value is -0.610. The molecule has 76 valence electrons. The third kappa shape index (κ3) is 2.00. The Morgan fingerprint density at radius 3 is 2.85 bits per heavy atom. The molecule has 0 aromatic heterocycles. The van der Waals surface area contributed by atoms with Crippen LogP contribution in [0.3, 0.4) is 0 Å². The van der Waals surface area contributed by atoms with Crippen molar-refractivity contribution >= 4 is 5.97 Å². The SMILES string of the molecule is CCCCOC1CC[C@@]1(N)C(=O)O. The van der Waals surface area contributed by atoms with E-state index in [9.17, 15) is 4.79 Å². The molecule has 2 atom stereocenters. The van der Waals surface area contributed by atoms with Crippen LogP contribution in [0.1, 0.15) is 32.6 Å². The first-order chi connectivity index (χ1) is 6.11. The van der Waals surface area contributed by atoms with Gasteiger partial charge in [0.05, 0.1) is 6.10 Å². The molecule has 0 heterocycles. The number of ether oxygens (including phenoxy) is 1. The van der Waals surface area contributed by atoms with Crippen molar-refractivity contribution in [3.63, 3.8) is 0 Å². The minimum atomic E-state index is -1.12. The van der Waals surface area contributed by atoms with E-state index in [0.717, 1.165) is 19.3 Å². The predicted molar refractivity (Wildman–Crippen MR) is 48.4 cm³/mol. The van der Waals surface area contributed by atoms with E-state index in [2.05, 4.69) is 6.92 Å². The molecule has 0 aliphatic heterocycles. The fourth-order valence-corrected chi connectivity index (χ4v) is 1.42. The largest absolute Gasteiger partial charge is 0.480 e. The molecule has 0 spiro atoms. The van der Waals surface area contributed by atoms with E-state index in [-0.39, 0.29) is 6.10 Å². The zero-order chi connectivity index (χ0) is 9.90. The highest BCUT2D eigenvalue weighted by Crippen LogP contribution is 2.32. The topological polar surface area (TPSA) is 72.5 Å². The molecule has 3 N–H and O–H groups in total. The van der Waals surface area contributed by atoms with Crippen molar-refractivity contribution in [3.8, 4) is 0 Å². The van der Waals surface area contributed by atoms with Gasteiger partial charge in [0.15, 0.2) is 0 Å². The molecule has 0 radical (unpaired) electrons. The van der Waals surface area contributed by atoms with Gasteiger partial charge in [-0.3, -0.25) is 4.79 Å². The first kappa shape index (κ1) is 10.5. The number of hydrogen-bond acceptors (Lipinski definition) is 3. The number of carboxylic acids is 1. The van der Waals surface area contributed by atoms with Crippen molar-refractivity contribution < 1.29 is 14.6 Å². The standard InChI is InChI=1S/C9H17NO3/c1-2-3-6-13-7-4-5-9(7,10)8(11)12/h7H,2-6,10H2,1H3,(H,11,12)/t7?,9-/m0/s1. The molecule has 1 saturated carbocycles. The Bertz CT molecular complexity index is 195. The van der Waals surface area contributed by atoms with Crippen LogP contribution in [-0.4, -0.2) is 29.3 Å². The molecule has 1 fully saturated rings. The molecule has 0 bridgehead atoms. The molecule has 0 aromatic rings. The fourth-order valence-electron chi connectivity index (χ4n) is 1.42. The second kappa shape index (κ2) is 4.07. The molecule has 0 saturated heterocycles. The van der Waals surface area contributed by atoms with E-state index in [4.69, 9.17) is 15.6 Å². The van der Waals surface area contributed by atoms with Crippen LogP contribution in [0.5, 0.6) is 0 Å². The van der Waals surface area contributed by atoms with E-state index in [0.29, 0.717) is 13.0 Å². The van der Waals surface area contributed by atoms with Gasteiger partial charge < -0.3 is 15.6 Å². The van der Waals surface area contributed by atoms with Crippen LogP contribution < -0.4 is 5.73 Å². The summed E-state index contributed by atoms with van der Waals surface area (Å²) in [5.41, 5.74) is 4.53. The summed E-state index contributed by atoms with van der Waals surface area (Å²) in [7, 11) is 0. The van der Waals surface area contributed by atoms with Gasteiger partial charge in [-0.15, -0.1) is 0 Å². The molecule has 13 heavy (non-hydrogen) atoms. The molecule has 0 aromatic carbocycles. The Morgan fingerprint density at radius 2 is 2.46 bits per heavy atom. The smallest absolute Gasteiger partial charge is 0.326 e. The van der Waals surface area contributed by atoms with Crippen molar-refractivity contribution in [3.05, 3.63) is 0 Å². The number of unbranched alkanes of at least 4 members (excludes halogenated alkanes) is 1. The minimum Gasteiger partial charge on any atom is -0.480 e. The average Bonchev–Trinajstić information content (AvgIpc) is 2.09. The summed E-state index contributed by atoms with van der Waals surface area (Å²) >= 11 is 0. The van der Waals surface area contributed by atoms with E-state index >= 15 is 0 Å². The van der Waals surface area contributed by atoms with Gasteiger partial charge in [-0.1, -0.05) is 13.3 Å². The van der Waals surface area contributed by atoms with Crippen LogP contribution in [0.15, 0.2) is 0 Å². The Balaban J connectivity index is 2.32. The number of nitrogens with two attached hydrogens (primary N) is 1. The van der Waals surface area contributed by atoms with Crippen molar-refractivity contribution in [2.45, 2.75) is 44.2 Å². The van der Waals surface area contributed by atoms with Crippen molar-refractivity contribution in [2.24, 2.45) is 5.73 Å². The van der Waals surface area contributed by atoms with Crippen LogP contribution in [-0.2, 0) is 9.53 Å². The van der Waals surface area contributed by atoms with E-state index in [1.807, 2.05) is 0 Å². The van der Waals surface area contributed by atoms with Crippen LogP contribution in [0.4, 0.5) is 0 Å². The van der Waals surface area contributed by atoms with Gasteiger partial charge in [-0.25, -0.2) is 0 Å². The Morgan fingerprint density at radius 1 is 1.77 bits per heavy atom. The van der Waals surface area contributed by atoms with Gasteiger partial charge >= 0.3 is 5.97 Å². The lowest BCUT2D eigenvalue weighted by Gasteiger charge is -2.42. The number of aliphatic carboxylic acids is 1. The Labute approximate surface area is 78.1 Å². The van der Waals surface area contributed by atoms with Crippen LogP contribution in [0.2, 0.25) is 0 Å². The summed E-state index contributed by atoms with van der Waals surface area (Å²) in [6.07, 6.45) is 3.03. The summed E-state index contributed by atoms with van der Waals surface area (Å²) in [5, 5.41) is 8.81. The highest BCUT2D eigenvalue weighted by Gasteiger charge is 2.50. The number of rotatable bonds is 5. The zero-order valence-corrected chi connectivity index (χ0v) is 7.95. The van der Waals surface area contributed by atoms with Gasteiger partial charge in [0.1, 0.15) is 5.54 Å². The summed E-state index contributed by atoms with van der Waals surface area (Å²) < 4.78 is 5.39. The maximum absolute atomic E-state index is 10.7. The fraction of sp³-hybridized carbons (Fsp3) is 0.889. The second-order valence-corrected chi connectivity index (χ2v) is 3.60. The summed E-state index contributed by atoms with van der Waals surface area (Å²) in [5.74, 6) is -0.944. The summed E-state index contributed by atoms with van der Waals surface area (Å²) in [6, 6.07) is 0. The number of carbonyl (C=O) groups is 1. The van der Waals surface area contributed by atoms with E-state index in [1.165, 1.54) is 0 Å². The second-order valence-electron chi connectivity index (χ2n) is 3.60. The maximum Gasteiger partial charge on any atom is 0.326 e. The molecule has 1 rings (SSSR count). The van der Waals surface area contributed by atoms with Crippen molar-refractivity contribution in [1.29, 1.82) is 0 Å². The predicted octanol–water partition coefficient (Wildman–Crippen LogP) is 0.748. The first-order valence-electron chi connectivity index (χ1n) is 4.75. The molecule has 1 aliphatic rings. The summed E-state index contributed by atoms with van der Waals surface area (Å²) in [4.78, 5) is 10.7. The van der Waals surface area contributed by atoms with Crippen LogP contribution >= 0.6 is 0 Å². The maximum atomic E-state index is 10.7. The van der Waals surface area contributed by atoms with Gasteiger partial charge in [-0.2, -0.15) is 0 Å². The molecule has 4 heteroatoms. The summed E-state index contributed by atoms with van der Waals surface area (Å²) in [6.45, 7) is 2.68. The van der Waals surface area contributed by atoms with E-state index in [1.54, 1.807) is 0 Å². The molecule has 1 aliphatic carbocycles. The third-order valence-corrected chi connectivity index (χ3v) is 2.61. The molecular formula is C9H17NO3. The number of carboxylic acid groups (broad SMARTS) is 1. The highest BCUT2D eigenvalue weighted by atomic mass is 16.5. The van der Waals surface area contributed by atoms with Crippen LogP contribution in [0.25, 0.3) is 0 Å². The van der Waals surface area contributed by atoms with Crippen molar-refractivity contribution in [2.75, 3.05) is 6.61 Å². The zero-order valence-electron chi connectivity index (χ0n) is 7.95.